The van der Waals surface area contributed by atoms with Crippen molar-refractivity contribution in [1.82, 2.24) is 4.90 Å². The highest BCUT2D eigenvalue weighted by Gasteiger charge is 2.24. The number of nitrogens with zero attached hydrogens (tertiary/aromatic N) is 1. The van der Waals surface area contributed by atoms with Crippen molar-refractivity contribution in [3.63, 3.8) is 0 Å². The third-order valence-electron chi connectivity index (χ3n) is 3.59. The zero-order valence-corrected chi connectivity index (χ0v) is 10.7. The fourth-order valence-corrected chi connectivity index (χ4v) is 3.73. The van der Waals surface area contributed by atoms with Crippen molar-refractivity contribution in [2.45, 2.75) is 25.7 Å². The van der Waals surface area contributed by atoms with E-state index < -0.39 is 0 Å². The zero-order valence-electron chi connectivity index (χ0n) is 9.91. The van der Waals surface area contributed by atoms with Gasteiger partial charge in [-0.1, -0.05) is 0 Å². The number of ether oxygens (including phenoxy) is 1. The van der Waals surface area contributed by atoms with E-state index in [4.69, 9.17) is 4.74 Å². The van der Waals surface area contributed by atoms with Gasteiger partial charge < -0.3 is 9.64 Å². The van der Waals surface area contributed by atoms with E-state index in [0.717, 1.165) is 31.5 Å². The lowest BCUT2D eigenvalue weighted by atomic mass is 9.95. The highest BCUT2D eigenvalue weighted by molar-refractivity contribution is 7.10. The van der Waals surface area contributed by atoms with Crippen molar-refractivity contribution in [2.75, 3.05) is 26.3 Å². The standard InChI is InChI=1S/C13H17NO2S/c15-13(14-5-7-16-8-6-14)11-9-17-12-4-2-1-3-10(11)12/h9H,1-8H2. The van der Waals surface area contributed by atoms with Crippen molar-refractivity contribution < 1.29 is 9.53 Å². The minimum absolute atomic E-state index is 0.215. The summed E-state index contributed by atoms with van der Waals surface area (Å²) in [6, 6.07) is 0. The number of hydrogen-bond donors (Lipinski definition) is 0. The second-order valence-electron chi connectivity index (χ2n) is 4.66. The number of fused-ring (bicyclic) bond motifs is 1. The molecule has 4 heteroatoms. The molecule has 0 unspecified atom stereocenters. The molecule has 0 N–H and O–H groups in total. The number of morpholine rings is 1. The van der Waals surface area contributed by atoms with E-state index in [1.165, 1.54) is 23.3 Å². The summed E-state index contributed by atoms with van der Waals surface area (Å²) < 4.78 is 5.29. The third-order valence-corrected chi connectivity index (χ3v) is 4.68. The number of carbonyl (C=O) groups excluding carboxylic acids is 1. The van der Waals surface area contributed by atoms with Gasteiger partial charge in [-0.3, -0.25) is 4.79 Å². The Morgan fingerprint density at radius 2 is 2.00 bits per heavy atom. The molecule has 1 aliphatic carbocycles. The molecule has 1 saturated heterocycles. The molecule has 17 heavy (non-hydrogen) atoms. The Labute approximate surface area is 105 Å². The maximum Gasteiger partial charge on any atom is 0.255 e. The molecule has 3 nitrogen and oxygen atoms in total. The minimum atomic E-state index is 0.215. The first-order valence-electron chi connectivity index (χ1n) is 6.32. The summed E-state index contributed by atoms with van der Waals surface area (Å²) in [7, 11) is 0. The van der Waals surface area contributed by atoms with Crippen LogP contribution in [0.1, 0.15) is 33.6 Å². The average molecular weight is 251 g/mol. The Hall–Kier alpha value is -0.870. The van der Waals surface area contributed by atoms with Crippen molar-refractivity contribution >= 4 is 17.2 Å². The Morgan fingerprint density at radius 1 is 1.24 bits per heavy atom. The topological polar surface area (TPSA) is 29.5 Å². The minimum Gasteiger partial charge on any atom is -0.378 e. The predicted octanol–water partition coefficient (Wildman–Crippen LogP) is 2.10. The van der Waals surface area contributed by atoms with Crippen LogP contribution >= 0.6 is 11.3 Å². The molecule has 0 atom stereocenters. The third kappa shape index (κ3) is 2.11. The van der Waals surface area contributed by atoms with E-state index in [1.54, 1.807) is 11.3 Å². The normalized spacial score (nSPS) is 20.1. The van der Waals surface area contributed by atoms with E-state index in [9.17, 15) is 4.79 Å². The van der Waals surface area contributed by atoms with Crippen LogP contribution in [0.25, 0.3) is 0 Å². The van der Waals surface area contributed by atoms with Crippen LogP contribution in [0.2, 0.25) is 0 Å². The molecule has 2 heterocycles. The van der Waals surface area contributed by atoms with Crippen LogP contribution in [0.5, 0.6) is 0 Å². The van der Waals surface area contributed by atoms with E-state index in [1.807, 2.05) is 4.90 Å². The maximum atomic E-state index is 12.4. The fraction of sp³-hybridized carbons (Fsp3) is 0.615. The van der Waals surface area contributed by atoms with Crippen LogP contribution in [0.15, 0.2) is 5.38 Å². The number of aryl methyl sites for hydroxylation is 1. The molecule has 0 bridgehead atoms. The summed E-state index contributed by atoms with van der Waals surface area (Å²) in [5.41, 5.74) is 2.30. The summed E-state index contributed by atoms with van der Waals surface area (Å²) in [6.45, 7) is 2.84. The van der Waals surface area contributed by atoms with Gasteiger partial charge in [-0.15, -0.1) is 11.3 Å². The Balaban J connectivity index is 1.83. The summed E-state index contributed by atoms with van der Waals surface area (Å²) >= 11 is 1.77. The van der Waals surface area contributed by atoms with Crippen molar-refractivity contribution in [1.29, 1.82) is 0 Å². The van der Waals surface area contributed by atoms with E-state index in [2.05, 4.69) is 5.38 Å². The van der Waals surface area contributed by atoms with Gasteiger partial charge >= 0.3 is 0 Å². The number of thiophene rings is 1. The van der Waals surface area contributed by atoms with Crippen LogP contribution in [0.3, 0.4) is 0 Å². The molecule has 0 aromatic carbocycles. The van der Waals surface area contributed by atoms with Crippen LogP contribution in [0, 0.1) is 0 Å². The lowest BCUT2D eigenvalue weighted by Crippen LogP contribution is -2.40. The SMILES string of the molecule is O=C(c1csc2c1CCCC2)N1CCOCC1. The second kappa shape index (κ2) is 4.78. The monoisotopic (exact) mass is 251 g/mol. The molecule has 0 radical (unpaired) electrons. The van der Waals surface area contributed by atoms with Gasteiger partial charge in [0.15, 0.2) is 0 Å². The van der Waals surface area contributed by atoms with Crippen LogP contribution in [-0.4, -0.2) is 37.1 Å². The van der Waals surface area contributed by atoms with Gasteiger partial charge in [0.1, 0.15) is 0 Å². The lowest BCUT2D eigenvalue weighted by Gasteiger charge is -2.27. The van der Waals surface area contributed by atoms with Crippen molar-refractivity contribution in [2.24, 2.45) is 0 Å². The molecule has 0 saturated carbocycles. The first-order valence-corrected chi connectivity index (χ1v) is 7.20. The second-order valence-corrected chi connectivity index (χ2v) is 5.63. The van der Waals surface area contributed by atoms with Gasteiger partial charge in [0.2, 0.25) is 0 Å². The van der Waals surface area contributed by atoms with Crippen LogP contribution in [-0.2, 0) is 17.6 Å². The summed E-state index contributed by atoms with van der Waals surface area (Å²) in [5, 5.41) is 2.06. The molecule has 1 aliphatic heterocycles. The van der Waals surface area contributed by atoms with Gasteiger partial charge in [0.25, 0.3) is 5.91 Å². The average Bonchev–Trinajstić information content (AvgIpc) is 2.83. The first-order chi connectivity index (χ1) is 8.36. The summed E-state index contributed by atoms with van der Waals surface area (Å²) in [5.74, 6) is 0.215. The number of rotatable bonds is 1. The molecular formula is C13H17NO2S. The molecule has 1 aromatic heterocycles. The quantitative estimate of drug-likeness (QED) is 0.765. The molecule has 3 rings (SSSR count). The maximum absolute atomic E-state index is 12.4. The largest absolute Gasteiger partial charge is 0.378 e. The number of amides is 1. The highest BCUT2D eigenvalue weighted by atomic mass is 32.1. The van der Waals surface area contributed by atoms with Gasteiger partial charge in [-0.05, 0) is 31.2 Å². The van der Waals surface area contributed by atoms with Gasteiger partial charge in [0, 0.05) is 23.3 Å². The number of hydrogen-bond acceptors (Lipinski definition) is 3. The van der Waals surface area contributed by atoms with Gasteiger partial charge in [0.05, 0.1) is 18.8 Å². The Kier molecular flexibility index (Phi) is 3.16. The molecule has 1 aromatic rings. The molecule has 92 valence electrons. The van der Waals surface area contributed by atoms with Gasteiger partial charge in [-0.2, -0.15) is 0 Å². The summed E-state index contributed by atoms with van der Waals surface area (Å²) in [4.78, 5) is 15.8. The molecule has 0 spiro atoms. The van der Waals surface area contributed by atoms with Crippen molar-refractivity contribution in [3.8, 4) is 0 Å². The molecule has 1 fully saturated rings. The van der Waals surface area contributed by atoms with E-state index >= 15 is 0 Å². The smallest absolute Gasteiger partial charge is 0.255 e. The predicted molar refractivity (Wildman–Crippen MR) is 67.7 cm³/mol. The highest BCUT2D eigenvalue weighted by Crippen LogP contribution is 2.31. The Morgan fingerprint density at radius 3 is 2.82 bits per heavy atom. The van der Waals surface area contributed by atoms with Crippen LogP contribution in [0.4, 0.5) is 0 Å². The van der Waals surface area contributed by atoms with Crippen LogP contribution < -0.4 is 0 Å². The Bertz CT molecular complexity index is 421. The lowest BCUT2D eigenvalue weighted by molar-refractivity contribution is 0.0302. The fourth-order valence-electron chi connectivity index (χ4n) is 2.61. The van der Waals surface area contributed by atoms with Crippen molar-refractivity contribution in [3.05, 3.63) is 21.4 Å². The first kappa shape index (κ1) is 11.2. The van der Waals surface area contributed by atoms with E-state index in [-0.39, 0.29) is 5.91 Å². The zero-order chi connectivity index (χ0) is 11.7. The molecular weight excluding hydrogens is 234 g/mol. The molecule has 1 amide bonds. The van der Waals surface area contributed by atoms with E-state index in [0.29, 0.717) is 13.2 Å². The summed E-state index contributed by atoms with van der Waals surface area (Å²) in [6.07, 6.45) is 4.76. The molecule has 2 aliphatic rings. The van der Waals surface area contributed by atoms with Gasteiger partial charge in [-0.25, -0.2) is 0 Å². The number of carbonyl (C=O) groups is 1.